The molecular formula is C15H21NO6S. The molecule has 0 radical (unpaired) electrons. The molecule has 1 aliphatic heterocycles. The number of rotatable bonds is 5. The summed E-state index contributed by atoms with van der Waals surface area (Å²) < 4.78 is 9.47. The van der Waals surface area contributed by atoms with E-state index < -0.39 is 11.2 Å². The van der Waals surface area contributed by atoms with Crippen molar-refractivity contribution in [1.82, 2.24) is 4.90 Å². The summed E-state index contributed by atoms with van der Waals surface area (Å²) >= 11 is 4.10. The van der Waals surface area contributed by atoms with E-state index in [2.05, 4.69) is 17.4 Å². The van der Waals surface area contributed by atoms with Crippen LogP contribution in [-0.2, 0) is 28.7 Å². The number of hydrogen-bond acceptors (Lipinski definition) is 7. The molecule has 128 valence electrons. The molecule has 0 bridgehead atoms. The number of hydrogen-bond donors (Lipinski definition) is 1. The number of likely N-dealkylation sites (tertiary alicyclic amines) is 1. The number of carbonyl (C=O) groups is 4. The second-order valence-electron chi connectivity index (χ2n) is 6.00. The van der Waals surface area contributed by atoms with Crippen molar-refractivity contribution in [2.24, 2.45) is 11.8 Å². The maximum atomic E-state index is 11.8. The smallest absolute Gasteiger partial charge is 0.311 e. The number of esters is 2. The van der Waals surface area contributed by atoms with E-state index in [-0.39, 0.29) is 42.8 Å². The SMILES string of the molecule is CC(=O)OCOC(=O)C1CCC(CN2C(=O)CC(S)C2=O)CC1. The van der Waals surface area contributed by atoms with Gasteiger partial charge in [0.25, 0.3) is 0 Å². The third-order valence-electron chi connectivity index (χ3n) is 4.30. The van der Waals surface area contributed by atoms with Crippen LogP contribution in [0.25, 0.3) is 0 Å². The first kappa shape index (κ1) is 17.8. The van der Waals surface area contributed by atoms with Crippen LogP contribution in [-0.4, -0.2) is 47.2 Å². The quantitative estimate of drug-likeness (QED) is 0.345. The first-order valence-corrected chi connectivity index (χ1v) is 8.22. The van der Waals surface area contributed by atoms with Gasteiger partial charge in [-0.2, -0.15) is 12.6 Å². The molecule has 1 saturated heterocycles. The van der Waals surface area contributed by atoms with Crippen molar-refractivity contribution >= 4 is 36.4 Å². The Hall–Kier alpha value is -1.57. The molecule has 0 spiro atoms. The zero-order valence-electron chi connectivity index (χ0n) is 13.0. The zero-order valence-corrected chi connectivity index (χ0v) is 13.9. The number of imide groups is 1. The van der Waals surface area contributed by atoms with Gasteiger partial charge in [-0.15, -0.1) is 0 Å². The van der Waals surface area contributed by atoms with Gasteiger partial charge in [0.15, 0.2) is 0 Å². The van der Waals surface area contributed by atoms with Crippen molar-refractivity contribution in [3.05, 3.63) is 0 Å². The van der Waals surface area contributed by atoms with Crippen molar-refractivity contribution in [3.8, 4) is 0 Å². The molecule has 2 rings (SSSR count). The van der Waals surface area contributed by atoms with E-state index in [0.29, 0.717) is 19.4 Å². The number of amides is 2. The van der Waals surface area contributed by atoms with Gasteiger partial charge in [-0.1, -0.05) is 0 Å². The van der Waals surface area contributed by atoms with Crippen LogP contribution in [0.2, 0.25) is 0 Å². The van der Waals surface area contributed by atoms with Crippen LogP contribution in [0.4, 0.5) is 0 Å². The predicted molar refractivity (Wildman–Crippen MR) is 82.3 cm³/mol. The fourth-order valence-corrected chi connectivity index (χ4v) is 3.28. The summed E-state index contributed by atoms with van der Waals surface area (Å²) in [6.45, 7) is 1.30. The fraction of sp³-hybridized carbons (Fsp3) is 0.733. The summed E-state index contributed by atoms with van der Waals surface area (Å²) in [7, 11) is 0. The molecule has 0 aromatic carbocycles. The standard InChI is InChI=1S/C15H21NO6S/c1-9(17)21-8-22-15(20)11-4-2-10(3-5-11)7-16-13(18)6-12(23)14(16)19/h10-12,23H,2-8H2,1H3. The average Bonchev–Trinajstić information content (AvgIpc) is 2.74. The maximum absolute atomic E-state index is 11.8. The summed E-state index contributed by atoms with van der Waals surface area (Å²) in [6.07, 6.45) is 2.96. The van der Waals surface area contributed by atoms with E-state index in [4.69, 9.17) is 4.74 Å². The van der Waals surface area contributed by atoms with Gasteiger partial charge in [-0.25, -0.2) is 0 Å². The Bertz CT molecular complexity index is 500. The number of thiol groups is 1. The molecule has 2 amide bonds. The molecule has 1 heterocycles. The fourth-order valence-electron chi connectivity index (χ4n) is 2.98. The monoisotopic (exact) mass is 343 g/mol. The van der Waals surface area contributed by atoms with Crippen LogP contribution in [0, 0.1) is 11.8 Å². The van der Waals surface area contributed by atoms with Crippen LogP contribution in [0.5, 0.6) is 0 Å². The molecule has 7 nitrogen and oxygen atoms in total. The second-order valence-corrected chi connectivity index (χ2v) is 6.62. The van der Waals surface area contributed by atoms with Crippen molar-refractivity contribution in [2.45, 2.75) is 44.3 Å². The normalized spacial score (nSPS) is 27.9. The third kappa shape index (κ3) is 4.70. The maximum Gasteiger partial charge on any atom is 0.311 e. The average molecular weight is 343 g/mol. The van der Waals surface area contributed by atoms with E-state index in [1.54, 1.807) is 0 Å². The van der Waals surface area contributed by atoms with Gasteiger partial charge in [0.1, 0.15) is 0 Å². The summed E-state index contributed by atoms with van der Waals surface area (Å²) in [4.78, 5) is 47.3. The van der Waals surface area contributed by atoms with Gasteiger partial charge in [-0.05, 0) is 31.6 Å². The molecule has 0 N–H and O–H groups in total. The number of nitrogens with zero attached hydrogens (tertiary/aromatic N) is 1. The Labute approximate surface area is 140 Å². The van der Waals surface area contributed by atoms with Crippen LogP contribution in [0.3, 0.4) is 0 Å². The minimum Gasteiger partial charge on any atom is -0.428 e. The molecule has 0 aromatic rings. The lowest BCUT2D eigenvalue weighted by Gasteiger charge is -2.29. The van der Waals surface area contributed by atoms with Gasteiger partial charge in [0, 0.05) is 19.9 Å². The molecule has 1 saturated carbocycles. The van der Waals surface area contributed by atoms with Gasteiger partial charge >= 0.3 is 11.9 Å². The van der Waals surface area contributed by atoms with Crippen LogP contribution in [0.1, 0.15) is 39.0 Å². The predicted octanol–water partition coefficient (Wildman–Crippen LogP) is 0.914. The van der Waals surface area contributed by atoms with Crippen molar-refractivity contribution in [3.63, 3.8) is 0 Å². The van der Waals surface area contributed by atoms with E-state index in [9.17, 15) is 19.2 Å². The Kier molecular flexibility index (Phi) is 6.04. The minimum absolute atomic E-state index is 0.166. The topological polar surface area (TPSA) is 90.0 Å². The van der Waals surface area contributed by atoms with Crippen molar-refractivity contribution in [1.29, 1.82) is 0 Å². The Morgan fingerprint density at radius 2 is 1.83 bits per heavy atom. The van der Waals surface area contributed by atoms with Gasteiger partial charge < -0.3 is 9.47 Å². The van der Waals surface area contributed by atoms with Gasteiger partial charge in [0.05, 0.1) is 11.2 Å². The van der Waals surface area contributed by atoms with E-state index in [0.717, 1.165) is 12.8 Å². The zero-order chi connectivity index (χ0) is 17.0. The highest BCUT2D eigenvalue weighted by atomic mass is 32.1. The lowest BCUT2D eigenvalue weighted by atomic mass is 9.82. The molecule has 2 fully saturated rings. The Morgan fingerprint density at radius 1 is 1.17 bits per heavy atom. The molecule has 1 aliphatic carbocycles. The van der Waals surface area contributed by atoms with Crippen LogP contribution in [0.15, 0.2) is 0 Å². The molecule has 8 heteroatoms. The van der Waals surface area contributed by atoms with Gasteiger partial charge in [-0.3, -0.25) is 24.1 Å². The molecule has 1 atom stereocenters. The molecular weight excluding hydrogens is 322 g/mol. The number of ether oxygens (including phenoxy) is 2. The lowest BCUT2D eigenvalue weighted by molar-refractivity contribution is -0.170. The lowest BCUT2D eigenvalue weighted by Crippen LogP contribution is -2.37. The highest BCUT2D eigenvalue weighted by Gasteiger charge is 2.38. The van der Waals surface area contributed by atoms with Gasteiger partial charge in [0.2, 0.25) is 18.6 Å². The minimum atomic E-state index is -0.518. The molecule has 0 aromatic heterocycles. The third-order valence-corrected chi connectivity index (χ3v) is 4.71. The summed E-state index contributed by atoms with van der Waals surface area (Å²) in [5.41, 5.74) is 0. The van der Waals surface area contributed by atoms with E-state index in [1.165, 1.54) is 11.8 Å². The van der Waals surface area contributed by atoms with E-state index in [1.807, 2.05) is 0 Å². The first-order valence-electron chi connectivity index (χ1n) is 7.70. The van der Waals surface area contributed by atoms with E-state index >= 15 is 0 Å². The van der Waals surface area contributed by atoms with Crippen LogP contribution < -0.4 is 0 Å². The van der Waals surface area contributed by atoms with Crippen molar-refractivity contribution in [2.75, 3.05) is 13.3 Å². The highest BCUT2D eigenvalue weighted by Crippen LogP contribution is 2.31. The summed E-state index contributed by atoms with van der Waals surface area (Å²) in [5.74, 6) is -1.26. The summed E-state index contributed by atoms with van der Waals surface area (Å²) in [5, 5.41) is -0.518. The highest BCUT2D eigenvalue weighted by molar-refractivity contribution is 7.81. The summed E-state index contributed by atoms with van der Waals surface area (Å²) in [6, 6.07) is 0. The number of carbonyl (C=O) groups excluding carboxylic acids is 4. The Balaban J connectivity index is 1.73. The largest absolute Gasteiger partial charge is 0.428 e. The molecule has 2 aliphatic rings. The second kappa shape index (κ2) is 7.81. The molecule has 23 heavy (non-hydrogen) atoms. The molecule has 1 unspecified atom stereocenters. The first-order chi connectivity index (χ1) is 10.9. The van der Waals surface area contributed by atoms with Crippen molar-refractivity contribution < 1.29 is 28.7 Å². The Morgan fingerprint density at radius 3 is 2.35 bits per heavy atom. The van der Waals surface area contributed by atoms with Crippen LogP contribution >= 0.6 is 12.6 Å².